The van der Waals surface area contributed by atoms with Crippen molar-refractivity contribution in [2.24, 2.45) is 0 Å². The van der Waals surface area contributed by atoms with Gasteiger partial charge >= 0.3 is 0 Å². The number of amides is 1. The molecular formula is C20H26N2O2. The second-order valence-electron chi connectivity index (χ2n) is 5.94. The van der Waals surface area contributed by atoms with E-state index in [-0.39, 0.29) is 5.91 Å². The van der Waals surface area contributed by atoms with Crippen LogP contribution in [0.25, 0.3) is 10.9 Å². The minimum Gasteiger partial charge on any atom is -0.389 e. The Balaban J connectivity index is 2.13. The smallest absolute Gasteiger partial charge is 0.249 e. The number of hydrogen-bond acceptors (Lipinski definition) is 2. The third-order valence-electron chi connectivity index (χ3n) is 4.06. The molecule has 0 saturated heterocycles. The number of rotatable bonds is 8. The largest absolute Gasteiger partial charge is 0.389 e. The van der Waals surface area contributed by atoms with Gasteiger partial charge in [0.2, 0.25) is 5.91 Å². The Morgan fingerprint density at radius 3 is 2.83 bits per heavy atom. The Kier molecular flexibility index (Phi) is 6.38. The van der Waals surface area contributed by atoms with E-state index in [9.17, 15) is 9.90 Å². The standard InChI is InChI=1S/C20H26N2O2/c1-4-11-22(20(24)16(5-2)13-15(3)23)12-10-17-14-21-19-9-7-6-8-18(17)19/h4,6-9,13-15,21,23H,1,5,10-12H2,2-3H3/b16-13+/t15-/m0/s1. The van der Waals surface area contributed by atoms with Gasteiger partial charge in [-0.2, -0.15) is 0 Å². The number of H-pyrrole nitrogens is 1. The van der Waals surface area contributed by atoms with Gasteiger partial charge in [-0.05, 0) is 37.5 Å². The van der Waals surface area contributed by atoms with Gasteiger partial charge in [0, 0.05) is 35.8 Å². The number of nitrogens with zero attached hydrogens (tertiary/aromatic N) is 1. The number of para-hydroxylation sites is 1. The third kappa shape index (κ3) is 4.36. The quantitative estimate of drug-likeness (QED) is 0.577. The van der Waals surface area contributed by atoms with Gasteiger partial charge in [0.25, 0.3) is 0 Å². The van der Waals surface area contributed by atoms with Gasteiger partial charge in [0.15, 0.2) is 0 Å². The monoisotopic (exact) mass is 326 g/mol. The van der Waals surface area contributed by atoms with E-state index in [1.165, 1.54) is 10.9 Å². The van der Waals surface area contributed by atoms with E-state index in [1.54, 1.807) is 24.0 Å². The molecule has 0 aliphatic heterocycles. The van der Waals surface area contributed by atoms with Crippen LogP contribution in [0.5, 0.6) is 0 Å². The van der Waals surface area contributed by atoms with Crippen molar-refractivity contribution in [1.29, 1.82) is 0 Å². The van der Waals surface area contributed by atoms with Crippen LogP contribution in [0.15, 0.2) is 54.8 Å². The van der Waals surface area contributed by atoms with Crippen molar-refractivity contribution in [1.82, 2.24) is 9.88 Å². The molecule has 0 saturated carbocycles. The second-order valence-corrected chi connectivity index (χ2v) is 5.94. The molecule has 2 N–H and O–H groups in total. The molecule has 2 aromatic rings. The Morgan fingerprint density at radius 2 is 2.17 bits per heavy atom. The van der Waals surface area contributed by atoms with Crippen molar-refractivity contribution in [3.63, 3.8) is 0 Å². The molecule has 0 aliphatic carbocycles. The maximum Gasteiger partial charge on any atom is 0.249 e. The van der Waals surface area contributed by atoms with Gasteiger partial charge in [0.1, 0.15) is 0 Å². The number of aromatic nitrogens is 1. The lowest BCUT2D eigenvalue weighted by Crippen LogP contribution is -2.34. The highest BCUT2D eigenvalue weighted by atomic mass is 16.3. The number of hydrogen-bond donors (Lipinski definition) is 2. The molecular weight excluding hydrogens is 300 g/mol. The van der Waals surface area contributed by atoms with Gasteiger partial charge in [-0.3, -0.25) is 4.79 Å². The number of benzene rings is 1. The van der Waals surface area contributed by atoms with Gasteiger partial charge in [0.05, 0.1) is 6.10 Å². The van der Waals surface area contributed by atoms with Crippen molar-refractivity contribution >= 4 is 16.8 Å². The zero-order chi connectivity index (χ0) is 17.5. The summed E-state index contributed by atoms with van der Waals surface area (Å²) in [7, 11) is 0. The topological polar surface area (TPSA) is 56.3 Å². The molecule has 4 heteroatoms. The summed E-state index contributed by atoms with van der Waals surface area (Å²) in [4.78, 5) is 17.8. The zero-order valence-corrected chi connectivity index (χ0v) is 14.5. The van der Waals surface area contributed by atoms with Gasteiger partial charge < -0.3 is 15.0 Å². The van der Waals surface area contributed by atoms with E-state index in [0.717, 1.165) is 11.9 Å². The zero-order valence-electron chi connectivity index (χ0n) is 14.5. The Hall–Kier alpha value is -2.33. The lowest BCUT2D eigenvalue weighted by molar-refractivity contribution is -0.126. The predicted octanol–water partition coefficient (Wildman–Crippen LogP) is 3.44. The fourth-order valence-corrected chi connectivity index (χ4v) is 2.86. The number of fused-ring (bicyclic) bond motifs is 1. The van der Waals surface area contributed by atoms with E-state index in [2.05, 4.69) is 17.6 Å². The Morgan fingerprint density at radius 1 is 1.42 bits per heavy atom. The summed E-state index contributed by atoms with van der Waals surface area (Å²) in [5.74, 6) is -0.0295. The maximum absolute atomic E-state index is 12.7. The molecule has 0 fully saturated rings. The van der Waals surface area contributed by atoms with E-state index in [0.29, 0.717) is 25.1 Å². The lowest BCUT2D eigenvalue weighted by Gasteiger charge is -2.22. The summed E-state index contributed by atoms with van der Waals surface area (Å²) in [6, 6.07) is 8.16. The van der Waals surface area contributed by atoms with Gasteiger partial charge in [-0.25, -0.2) is 0 Å². The molecule has 1 heterocycles. The van der Waals surface area contributed by atoms with Crippen molar-refractivity contribution < 1.29 is 9.90 Å². The molecule has 24 heavy (non-hydrogen) atoms. The number of aromatic amines is 1. The molecule has 0 spiro atoms. The first-order valence-corrected chi connectivity index (χ1v) is 8.40. The highest BCUT2D eigenvalue weighted by Crippen LogP contribution is 2.19. The molecule has 0 bridgehead atoms. The van der Waals surface area contributed by atoms with Gasteiger partial charge in [-0.1, -0.05) is 31.2 Å². The summed E-state index contributed by atoms with van der Waals surface area (Å²) in [6.07, 6.45) is 6.13. The molecule has 0 unspecified atom stereocenters. The van der Waals surface area contributed by atoms with Crippen molar-refractivity contribution in [2.45, 2.75) is 32.8 Å². The van der Waals surface area contributed by atoms with Crippen LogP contribution in [-0.4, -0.2) is 40.1 Å². The summed E-state index contributed by atoms with van der Waals surface area (Å²) in [6.45, 7) is 8.46. The van der Waals surface area contributed by atoms with Crippen LogP contribution in [0, 0.1) is 0 Å². The molecule has 1 aromatic heterocycles. The first kappa shape index (κ1) is 18.0. The number of nitrogens with one attached hydrogen (secondary N) is 1. The van der Waals surface area contributed by atoms with Crippen molar-refractivity contribution in [3.05, 3.63) is 60.3 Å². The number of aliphatic hydroxyl groups is 1. The first-order chi connectivity index (χ1) is 11.6. The molecule has 2 rings (SSSR count). The minimum absolute atomic E-state index is 0.0295. The molecule has 1 amide bonds. The van der Waals surface area contributed by atoms with Gasteiger partial charge in [-0.15, -0.1) is 6.58 Å². The summed E-state index contributed by atoms with van der Waals surface area (Å²) < 4.78 is 0. The van der Waals surface area contributed by atoms with Crippen LogP contribution < -0.4 is 0 Å². The van der Waals surface area contributed by atoms with E-state index < -0.39 is 6.10 Å². The Bertz CT molecular complexity index is 728. The van der Waals surface area contributed by atoms with E-state index in [4.69, 9.17) is 0 Å². The van der Waals surface area contributed by atoms with Crippen LogP contribution in [-0.2, 0) is 11.2 Å². The molecule has 0 aliphatic rings. The van der Waals surface area contributed by atoms with E-state index >= 15 is 0 Å². The fraction of sp³-hybridized carbons (Fsp3) is 0.350. The Labute approximate surface area is 143 Å². The fourth-order valence-electron chi connectivity index (χ4n) is 2.86. The highest BCUT2D eigenvalue weighted by Gasteiger charge is 2.17. The molecule has 0 radical (unpaired) electrons. The van der Waals surface area contributed by atoms with Crippen LogP contribution in [0.4, 0.5) is 0 Å². The number of aliphatic hydroxyl groups excluding tert-OH is 1. The van der Waals surface area contributed by atoms with Crippen molar-refractivity contribution in [3.8, 4) is 0 Å². The minimum atomic E-state index is -0.622. The first-order valence-electron chi connectivity index (χ1n) is 8.40. The molecule has 1 atom stereocenters. The summed E-state index contributed by atoms with van der Waals surface area (Å²) in [5, 5.41) is 10.7. The van der Waals surface area contributed by atoms with Crippen molar-refractivity contribution in [2.75, 3.05) is 13.1 Å². The predicted molar refractivity (Wildman–Crippen MR) is 98.8 cm³/mol. The maximum atomic E-state index is 12.7. The summed E-state index contributed by atoms with van der Waals surface area (Å²) >= 11 is 0. The average molecular weight is 326 g/mol. The number of carbonyl (C=O) groups excluding carboxylic acids is 1. The SMILES string of the molecule is C=CCN(CCc1c[nH]c2ccccc12)C(=O)/C(=C/[C@H](C)O)CC. The van der Waals surface area contributed by atoms with Crippen LogP contribution in [0.1, 0.15) is 25.8 Å². The van der Waals surface area contributed by atoms with Crippen LogP contribution in [0.3, 0.4) is 0 Å². The molecule has 4 nitrogen and oxygen atoms in total. The van der Waals surface area contributed by atoms with Crippen LogP contribution >= 0.6 is 0 Å². The lowest BCUT2D eigenvalue weighted by atomic mass is 10.1. The third-order valence-corrected chi connectivity index (χ3v) is 4.06. The molecule has 128 valence electrons. The summed E-state index contributed by atoms with van der Waals surface area (Å²) in [5.41, 5.74) is 2.95. The normalized spacial score (nSPS) is 13.0. The number of carbonyl (C=O) groups is 1. The highest BCUT2D eigenvalue weighted by molar-refractivity contribution is 5.93. The van der Waals surface area contributed by atoms with Crippen LogP contribution in [0.2, 0.25) is 0 Å². The second kappa shape index (κ2) is 8.50. The molecule has 1 aromatic carbocycles. The van der Waals surface area contributed by atoms with E-state index in [1.807, 2.05) is 31.3 Å². The average Bonchev–Trinajstić information content (AvgIpc) is 2.99.